The van der Waals surface area contributed by atoms with Crippen LogP contribution in [-0.2, 0) is 17.8 Å². The van der Waals surface area contributed by atoms with Crippen molar-refractivity contribution in [2.24, 2.45) is 5.92 Å². The molecule has 1 aliphatic heterocycles. The Kier molecular flexibility index (Phi) is 4.44. The molecule has 1 amide bonds. The van der Waals surface area contributed by atoms with Gasteiger partial charge in [-0.15, -0.1) is 0 Å². The molecule has 0 aliphatic carbocycles. The molecule has 5 nitrogen and oxygen atoms in total. The lowest BCUT2D eigenvalue weighted by molar-refractivity contribution is -0.120. The summed E-state index contributed by atoms with van der Waals surface area (Å²) in [6.45, 7) is 2.70. The fourth-order valence-electron chi connectivity index (χ4n) is 3.21. The van der Waals surface area contributed by atoms with Gasteiger partial charge in [0, 0.05) is 25.4 Å². The van der Waals surface area contributed by atoms with Gasteiger partial charge in [-0.05, 0) is 37.6 Å². The number of ether oxygens (including phenoxy) is 1. The Morgan fingerprint density at radius 2 is 2.00 bits per heavy atom. The van der Waals surface area contributed by atoms with Crippen molar-refractivity contribution >= 4 is 11.6 Å². The van der Waals surface area contributed by atoms with E-state index >= 15 is 0 Å². The van der Waals surface area contributed by atoms with Crippen molar-refractivity contribution < 1.29 is 9.53 Å². The summed E-state index contributed by atoms with van der Waals surface area (Å²) in [4.78, 5) is 17.1. The maximum Gasteiger partial charge on any atom is 0.229 e. The van der Waals surface area contributed by atoms with E-state index in [4.69, 9.17) is 4.74 Å². The fourth-order valence-corrected chi connectivity index (χ4v) is 3.21. The minimum absolute atomic E-state index is 0.0179. The molecule has 132 valence electrons. The van der Waals surface area contributed by atoms with Gasteiger partial charge in [0.05, 0.1) is 11.6 Å². The highest BCUT2D eigenvalue weighted by Gasteiger charge is 2.25. The lowest BCUT2D eigenvalue weighted by Crippen LogP contribution is -2.31. The summed E-state index contributed by atoms with van der Waals surface area (Å²) in [5.74, 6) is 2.40. The summed E-state index contributed by atoms with van der Waals surface area (Å²) < 4.78 is 8.02. The van der Waals surface area contributed by atoms with Gasteiger partial charge < -0.3 is 14.6 Å². The molecule has 1 aromatic heterocycles. The highest BCUT2D eigenvalue weighted by Crippen LogP contribution is 2.30. The van der Waals surface area contributed by atoms with E-state index in [-0.39, 0.29) is 11.8 Å². The van der Waals surface area contributed by atoms with Crippen LogP contribution in [0.3, 0.4) is 0 Å². The number of hydrogen-bond donors (Lipinski definition) is 1. The lowest BCUT2D eigenvalue weighted by atomic mass is 9.98. The topological polar surface area (TPSA) is 56.1 Å². The summed E-state index contributed by atoms with van der Waals surface area (Å²) in [5.41, 5.74) is 1.87. The number of carbonyl (C=O) groups excluding carboxylic acids is 1. The van der Waals surface area contributed by atoms with Crippen LogP contribution in [0.25, 0.3) is 0 Å². The van der Waals surface area contributed by atoms with Crippen molar-refractivity contribution in [3.8, 4) is 11.5 Å². The molecular formula is C21H21N3O2. The fraction of sp³-hybridized carbons (Fsp3) is 0.238. The molecule has 1 aliphatic rings. The van der Waals surface area contributed by atoms with E-state index in [0.29, 0.717) is 18.0 Å². The third kappa shape index (κ3) is 3.47. The van der Waals surface area contributed by atoms with Gasteiger partial charge in [-0.1, -0.05) is 29.8 Å². The minimum Gasteiger partial charge on any atom is -0.455 e. The van der Waals surface area contributed by atoms with Crippen LogP contribution >= 0.6 is 0 Å². The second-order valence-corrected chi connectivity index (χ2v) is 6.63. The highest BCUT2D eigenvalue weighted by atomic mass is 16.5. The first kappa shape index (κ1) is 16.4. The Hall–Kier alpha value is -3.08. The molecule has 2 aromatic carbocycles. The van der Waals surface area contributed by atoms with E-state index in [1.54, 1.807) is 6.20 Å². The number of anilines is 1. The standard InChI is InChI=1S/C21H21N3O2/c1-15-6-9-17(10-7-15)26-19-5-3-2-4-18(19)23-21(25)16-8-11-20-22-12-13-24(20)14-16/h2-7,9-10,12-13,16H,8,11,14H2,1H3,(H,23,25). The van der Waals surface area contributed by atoms with Crippen molar-refractivity contribution in [1.29, 1.82) is 0 Å². The van der Waals surface area contributed by atoms with Gasteiger partial charge in [0.1, 0.15) is 11.6 Å². The summed E-state index contributed by atoms with van der Waals surface area (Å²) >= 11 is 0. The number of benzene rings is 2. The number of rotatable bonds is 4. The molecule has 5 heteroatoms. The van der Waals surface area contributed by atoms with E-state index in [1.807, 2.05) is 61.7 Å². The molecule has 0 radical (unpaired) electrons. The van der Waals surface area contributed by atoms with E-state index < -0.39 is 0 Å². The molecule has 2 heterocycles. The molecule has 4 rings (SSSR count). The SMILES string of the molecule is Cc1ccc(Oc2ccccc2NC(=O)C2CCc3nccn3C2)cc1. The number of aryl methyl sites for hydroxylation is 2. The second kappa shape index (κ2) is 7.04. The van der Waals surface area contributed by atoms with Crippen LogP contribution in [0, 0.1) is 12.8 Å². The van der Waals surface area contributed by atoms with Gasteiger partial charge in [-0.25, -0.2) is 4.98 Å². The Bertz CT molecular complexity index is 915. The summed E-state index contributed by atoms with van der Waals surface area (Å²) in [5, 5.41) is 3.04. The van der Waals surface area contributed by atoms with E-state index in [9.17, 15) is 4.79 Å². The number of nitrogens with zero attached hydrogens (tertiary/aromatic N) is 2. The number of amides is 1. The number of carbonyl (C=O) groups is 1. The molecule has 1 N–H and O–H groups in total. The number of imidazole rings is 1. The van der Waals surface area contributed by atoms with Gasteiger partial charge in [0.15, 0.2) is 5.75 Å². The van der Waals surface area contributed by atoms with Gasteiger partial charge in [-0.2, -0.15) is 0 Å². The van der Waals surface area contributed by atoms with Crippen molar-refractivity contribution in [2.75, 3.05) is 5.32 Å². The average Bonchev–Trinajstić information content (AvgIpc) is 3.13. The summed E-state index contributed by atoms with van der Waals surface area (Å²) in [7, 11) is 0. The summed E-state index contributed by atoms with van der Waals surface area (Å²) in [6.07, 6.45) is 5.36. The molecule has 0 saturated heterocycles. The van der Waals surface area contributed by atoms with E-state index in [1.165, 1.54) is 5.56 Å². The van der Waals surface area contributed by atoms with E-state index in [2.05, 4.69) is 14.9 Å². The van der Waals surface area contributed by atoms with Crippen LogP contribution in [0.1, 0.15) is 17.8 Å². The maximum atomic E-state index is 12.7. The van der Waals surface area contributed by atoms with Crippen molar-refractivity contribution in [3.05, 3.63) is 72.3 Å². The number of fused-ring (bicyclic) bond motifs is 1. The number of para-hydroxylation sites is 2. The smallest absolute Gasteiger partial charge is 0.229 e. The van der Waals surface area contributed by atoms with Crippen LogP contribution < -0.4 is 10.1 Å². The molecule has 1 atom stereocenters. The Balaban J connectivity index is 1.48. The van der Waals surface area contributed by atoms with Crippen molar-refractivity contribution in [1.82, 2.24) is 9.55 Å². The lowest BCUT2D eigenvalue weighted by Gasteiger charge is -2.23. The largest absolute Gasteiger partial charge is 0.455 e. The number of aromatic nitrogens is 2. The van der Waals surface area contributed by atoms with Crippen molar-refractivity contribution in [2.45, 2.75) is 26.3 Å². The van der Waals surface area contributed by atoms with Crippen LogP contribution in [-0.4, -0.2) is 15.5 Å². The second-order valence-electron chi connectivity index (χ2n) is 6.63. The molecule has 0 saturated carbocycles. The zero-order valence-corrected chi connectivity index (χ0v) is 14.7. The summed E-state index contributed by atoms with van der Waals surface area (Å²) in [6, 6.07) is 15.4. The van der Waals surface area contributed by atoms with Crippen LogP contribution in [0.4, 0.5) is 5.69 Å². The molecule has 3 aromatic rings. The zero-order valence-electron chi connectivity index (χ0n) is 14.7. The third-order valence-electron chi connectivity index (χ3n) is 4.70. The average molecular weight is 347 g/mol. The third-order valence-corrected chi connectivity index (χ3v) is 4.70. The number of hydrogen-bond acceptors (Lipinski definition) is 3. The van der Waals surface area contributed by atoms with E-state index in [0.717, 1.165) is 24.4 Å². The molecule has 1 unspecified atom stereocenters. The van der Waals surface area contributed by atoms with Gasteiger partial charge >= 0.3 is 0 Å². The van der Waals surface area contributed by atoms with Gasteiger partial charge in [-0.3, -0.25) is 4.79 Å². The van der Waals surface area contributed by atoms with Gasteiger partial charge in [0.2, 0.25) is 5.91 Å². The molecule has 0 fully saturated rings. The maximum absolute atomic E-state index is 12.7. The van der Waals surface area contributed by atoms with Crippen LogP contribution in [0.15, 0.2) is 60.9 Å². The quantitative estimate of drug-likeness (QED) is 0.770. The molecule has 0 spiro atoms. The van der Waals surface area contributed by atoms with Gasteiger partial charge in [0.25, 0.3) is 0 Å². The molecule has 26 heavy (non-hydrogen) atoms. The number of nitrogens with one attached hydrogen (secondary N) is 1. The zero-order chi connectivity index (χ0) is 17.9. The highest BCUT2D eigenvalue weighted by molar-refractivity contribution is 5.94. The molecule has 0 bridgehead atoms. The van der Waals surface area contributed by atoms with Crippen LogP contribution in [0.5, 0.6) is 11.5 Å². The first-order valence-electron chi connectivity index (χ1n) is 8.83. The Labute approximate surface area is 152 Å². The Morgan fingerprint density at radius 3 is 2.85 bits per heavy atom. The normalized spacial score (nSPS) is 16.0. The predicted molar refractivity (Wildman–Crippen MR) is 100 cm³/mol. The van der Waals surface area contributed by atoms with Crippen LogP contribution in [0.2, 0.25) is 0 Å². The monoisotopic (exact) mass is 347 g/mol. The first-order chi connectivity index (χ1) is 12.7. The first-order valence-corrected chi connectivity index (χ1v) is 8.83. The van der Waals surface area contributed by atoms with Crippen molar-refractivity contribution in [3.63, 3.8) is 0 Å². The minimum atomic E-state index is -0.0656. The molecular weight excluding hydrogens is 326 g/mol. The Morgan fingerprint density at radius 1 is 1.19 bits per heavy atom. The predicted octanol–water partition coefficient (Wildman–Crippen LogP) is 4.18.